The quantitative estimate of drug-likeness (QED) is 0.172. The summed E-state index contributed by atoms with van der Waals surface area (Å²) in [6.07, 6.45) is 5.45. The molecule has 33 heavy (non-hydrogen) atoms. The van der Waals surface area contributed by atoms with Crippen molar-refractivity contribution in [3.05, 3.63) is 29.8 Å². The highest BCUT2D eigenvalue weighted by Gasteiger charge is 2.26. The zero-order chi connectivity index (χ0) is 22.8. The molecule has 2 atom stereocenters. The van der Waals surface area contributed by atoms with E-state index < -0.39 is 0 Å². The van der Waals surface area contributed by atoms with Crippen molar-refractivity contribution < 1.29 is 9.53 Å². The molecule has 1 aromatic carbocycles. The molecule has 0 bridgehead atoms. The van der Waals surface area contributed by atoms with Gasteiger partial charge in [-0.3, -0.25) is 14.7 Å². The summed E-state index contributed by atoms with van der Waals surface area (Å²) in [5.41, 5.74) is 6.71. The van der Waals surface area contributed by atoms with Crippen LogP contribution in [-0.4, -0.2) is 81.6 Å². The Morgan fingerprint density at radius 2 is 1.97 bits per heavy atom. The smallest absolute Gasteiger partial charge is 0.221 e. The van der Waals surface area contributed by atoms with Gasteiger partial charge in [-0.15, -0.1) is 24.0 Å². The predicted molar refractivity (Wildman–Crippen MR) is 144 cm³/mol. The minimum Gasteiger partial charge on any atom is -0.496 e. The SMILES string of the molecule is CN=C(NCCCN1CCCC(C(N)=O)C1)NCC(c1ccccc1OC)N1CCCC1.I. The number of hydrogen-bond acceptors (Lipinski definition) is 5. The number of nitrogens with one attached hydrogen (secondary N) is 2. The topological polar surface area (TPSA) is 95.2 Å². The van der Waals surface area contributed by atoms with Gasteiger partial charge in [0, 0.05) is 32.2 Å². The lowest BCUT2D eigenvalue weighted by molar-refractivity contribution is -0.123. The van der Waals surface area contributed by atoms with Crippen molar-refractivity contribution in [2.45, 2.75) is 38.1 Å². The molecule has 2 aliphatic rings. The maximum Gasteiger partial charge on any atom is 0.221 e. The third-order valence-electron chi connectivity index (χ3n) is 6.62. The molecule has 4 N–H and O–H groups in total. The summed E-state index contributed by atoms with van der Waals surface area (Å²) in [6, 6.07) is 8.54. The second-order valence-corrected chi connectivity index (χ2v) is 8.78. The van der Waals surface area contributed by atoms with Crippen LogP contribution in [0.5, 0.6) is 5.75 Å². The average Bonchev–Trinajstić information content (AvgIpc) is 3.35. The van der Waals surface area contributed by atoms with Gasteiger partial charge in [-0.2, -0.15) is 0 Å². The fourth-order valence-corrected chi connectivity index (χ4v) is 4.85. The Bertz CT molecular complexity index is 756. The van der Waals surface area contributed by atoms with Gasteiger partial charge in [0.15, 0.2) is 5.96 Å². The van der Waals surface area contributed by atoms with Gasteiger partial charge in [-0.1, -0.05) is 18.2 Å². The van der Waals surface area contributed by atoms with Gasteiger partial charge in [0.25, 0.3) is 0 Å². The lowest BCUT2D eigenvalue weighted by atomic mass is 9.97. The first kappa shape index (κ1) is 27.7. The van der Waals surface area contributed by atoms with Gasteiger partial charge in [0.1, 0.15) is 5.75 Å². The summed E-state index contributed by atoms with van der Waals surface area (Å²) < 4.78 is 5.64. The standard InChI is InChI=1S/C24H40N6O2.HI/c1-26-24(27-12-8-14-29-13-7-9-19(18-29)23(25)31)28-17-21(30-15-5-6-16-30)20-10-3-4-11-22(20)32-2;/h3-4,10-11,19,21H,5-9,12-18H2,1-2H3,(H2,25,31)(H2,26,27,28);1H. The average molecular weight is 573 g/mol. The first-order valence-electron chi connectivity index (χ1n) is 12.0. The number of guanidine groups is 1. The molecule has 1 amide bonds. The molecule has 9 heteroatoms. The number of hydrogen-bond donors (Lipinski definition) is 3. The number of para-hydroxylation sites is 1. The van der Waals surface area contributed by atoms with Crippen LogP contribution in [0.3, 0.4) is 0 Å². The Balaban J connectivity index is 0.00000385. The van der Waals surface area contributed by atoms with E-state index in [9.17, 15) is 4.79 Å². The summed E-state index contributed by atoms with van der Waals surface area (Å²) in [4.78, 5) is 20.8. The lowest BCUT2D eigenvalue weighted by Crippen LogP contribution is -2.44. The highest BCUT2D eigenvalue weighted by Crippen LogP contribution is 2.31. The Morgan fingerprint density at radius 1 is 1.21 bits per heavy atom. The Kier molecular flexibility index (Phi) is 12.3. The van der Waals surface area contributed by atoms with Crippen LogP contribution in [0.15, 0.2) is 29.3 Å². The number of halogens is 1. The summed E-state index contributed by atoms with van der Waals surface area (Å²) in [5.74, 6) is 1.59. The monoisotopic (exact) mass is 572 g/mol. The molecule has 0 spiro atoms. The largest absolute Gasteiger partial charge is 0.496 e. The van der Waals surface area contributed by atoms with Crippen LogP contribution in [0.2, 0.25) is 0 Å². The molecule has 2 fully saturated rings. The van der Waals surface area contributed by atoms with Crippen LogP contribution in [0, 0.1) is 5.92 Å². The molecular weight excluding hydrogens is 531 g/mol. The number of piperidine rings is 1. The van der Waals surface area contributed by atoms with Crippen molar-refractivity contribution >= 4 is 35.8 Å². The number of benzene rings is 1. The molecule has 2 unspecified atom stereocenters. The molecule has 1 aromatic rings. The minimum atomic E-state index is -0.167. The summed E-state index contributed by atoms with van der Waals surface area (Å²) in [5, 5.41) is 6.96. The predicted octanol–water partition coefficient (Wildman–Crippen LogP) is 2.20. The summed E-state index contributed by atoms with van der Waals surface area (Å²) in [7, 11) is 3.55. The fraction of sp³-hybridized carbons (Fsp3) is 0.667. The van der Waals surface area contributed by atoms with Gasteiger partial charge >= 0.3 is 0 Å². The molecule has 2 heterocycles. The van der Waals surface area contributed by atoms with Crippen molar-refractivity contribution in [1.29, 1.82) is 0 Å². The van der Waals surface area contributed by atoms with Crippen molar-refractivity contribution in [3.8, 4) is 5.75 Å². The third kappa shape index (κ3) is 8.29. The number of carbonyl (C=O) groups is 1. The van der Waals surface area contributed by atoms with Crippen molar-refractivity contribution in [2.24, 2.45) is 16.6 Å². The van der Waals surface area contributed by atoms with E-state index in [2.05, 4.69) is 37.6 Å². The molecule has 2 saturated heterocycles. The van der Waals surface area contributed by atoms with Crippen molar-refractivity contribution in [3.63, 3.8) is 0 Å². The van der Waals surface area contributed by atoms with Crippen LogP contribution >= 0.6 is 24.0 Å². The van der Waals surface area contributed by atoms with Gasteiger partial charge in [0.2, 0.25) is 5.91 Å². The molecule has 0 aliphatic carbocycles. The fourth-order valence-electron chi connectivity index (χ4n) is 4.85. The van der Waals surface area contributed by atoms with E-state index in [0.29, 0.717) is 0 Å². The number of nitrogens with zero attached hydrogens (tertiary/aromatic N) is 3. The van der Waals surface area contributed by atoms with Crippen LogP contribution in [0.1, 0.15) is 43.7 Å². The number of rotatable bonds is 10. The van der Waals surface area contributed by atoms with E-state index in [1.54, 1.807) is 7.11 Å². The molecule has 2 aliphatic heterocycles. The lowest BCUT2D eigenvalue weighted by Gasteiger charge is -2.31. The minimum absolute atomic E-state index is 0. The van der Waals surface area contributed by atoms with E-state index in [4.69, 9.17) is 10.5 Å². The number of carbonyl (C=O) groups excluding carboxylic acids is 1. The normalized spacial score (nSPS) is 20.7. The van der Waals surface area contributed by atoms with Gasteiger partial charge < -0.3 is 26.0 Å². The molecule has 0 radical (unpaired) electrons. The van der Waals surface area contributed by atoms with Gasteiger partial charge in [-0.25, -0.2) is 0 Å². The van der Waals surface area contributed by atoms with Crippen LogP contribution < -0.4 is 21.1 Å². The van der Waals surface area contributed by atoms with Crippen LogP contribution in [0.4, 0.5) is 0 Å². The van der Waals surface area contributed by atoms with Crippen LogP contribution in [-0.2, 0) is 4.79 Å². The van der Waals surface area contributed by atoms with E-state index in [-0.39, 0.29) is 41.8 Å². The number of methoxy groups -OCH3 is 1. The van der Waals surface area contributed by atoms with E-state index in [1.165, 1.54) is 18.4 Å². The summed E-state index contributed by atoms with van der Waals surface area (Å²) >= 11 is 0. The first-order valence-corrected chi connectivity index (χ1v) is 12.0. The second-order valence-electron chi connectivity index (χ2n) is 8.78. The number of amides is 1. The highest BCUT2D eigenvalue weighted by molar-refractivity contribution is 14.0. The second kappa shape index (κ2) is 14.6. The molecule has 186 valence electrons. The third-order valence-corrected chi connectivity index (χ3v) is 6.62. The van der Waals surface area contributed by atoms with Gasteiger partial charge in [0.05, 0.1) is 19.1 Å². The van der Waals surface area contributed by atoms with E-state index in [1.807, 2.05) is 19.2 Å². The zero-order valence-electron chi connectivity index (χ0n) is 20.1. The maximum absolute atomic E-state index is 11.5. The Hall–Kier alpha value is -1.59. The highest BCUT2D eigenvalue weighted by atomic mass is 127. The number of likely N-dealkylation sites (tertiary alicyclic amines) is 2. The number of aliphatic imine (C=N–C) groups is 1. The molecule has 0 saturated carbocycles. The Morgan fingerprint density at radius 3 is 2.67 bits per heavy atom. The number of primary amides is 1. The van der Waals surface area contributed by atoms with Crippen molar-refractivity contribution in [1.82, 2.24) is 20.4 Å². The number of ether oxygens (including phenoxy) is 1. The Labute approximate surface area is 215 Å². The molecule has 8 nitrogen and oxygen atoms in total. The zero-order valence-corrected chi connectivity index (χ0v) is 22.4. The van der Waals surface area contributed by atoms with E-state index in [0.717, 1.165) is 76.8 Å². The van der Waals surface area contributed by atoms with Gasteiger partial charge in [-0.05, 0) is 64.3 Å². The van der Waals surface area contributed by atoms with E-state index >= 15 is 0 Å². The number of nitrogens with two attached hydrogens (primary N) is 1. The summed E-state index contributed by atoms with van der Waals surface area (Å²) in [6.45, 7) is 6.63. The molecular formula is C24H41IN6O2. The van der Waals surface area contributed by atoms with Crippen LogP contribution in [0.25, 0.3) is 0 Å². The first-order chi connectivity index (χ1) is 15.6. The van der Waals surface area contributed by atoms with Crippen molar-refractivity contribution in [2.75, 3.05) is 60.0 Å². The molecule has 3 rings (SSSR count). The maximum atomic E-state index is 11.5. The molecule has 0 aromatic heterocycles.